The highest BCUT2D eigenvalue weighted by Gasteiger charge is 2.25. The normalized spacial score (nSPS) is 21.1. The summed E-state index contributed by atoms with van der Waals surface area (Å²) in [7, 11) is 0. The zero-order valence-corrected chi connectivity index (χ0v) is 13.6. The minimum Gasteiger partial charge on any atom is -0.443 e. The first-order chi connectivity index (χ1) is 11.3. The number of nitrogens with zero attached hydrogens (tertiary/aromatic N) is 1. The molecule has 1 aliphatic carbocycles. The van der Waals surface area contributed by atoms with Crippen molar-refractivity contribution in [2.45, 2.75) is 38.3 Å². The number of carbonyl (C=O) groups excluding carboxylic acids is 1. The number of aromatic nitrogens is 1. The Kier molecular flexibility index (Phi) is 5.30. The first-order valence-corrected chi connectivity index (χ1v) is 8.77. The highest BCUT2D eigenvalue weighted by Crippen LogP contribution is 2.24. The van der Waals surface area contributed by atoms with E-state index in [-0.39, 0.29) is 24.6 Å². The SMILES string of the molecule is O=C(NCc1coc(-c2cccs2)n1)NC1CCCCC1CO. The summed E-state index contributed by atoms with van der Waals surface area (Å²) in [5, 5.41) is 17.1. The summed E-state index contributed by atoms with van der Waals surface area (Å²) >= 11 is 1.56. The van der Waals surface area contributed by atoms with Gasteiger partial charge in [0.2, 0.25) is 5.89 Å². The van der Waals surface area contributed by atoms with E-state index < -0.39 is 0 Å². The van der Waals surface area contributed by atoms with Crippen molar-refractivity contribution in [2.24, 2.45) is 5.92 Å². The van der Waals surface area contributed by atoms with Crippen LogP contribution in [0.25, 0.3) is 10.8 Å². The third-order valence-corrected chi connectivity index (χ3v) is 5.03. The highest BCUT2D eigenvalue weighted by molar-refractivity contribution is 7.13. The van der Waals surface area contributed by atoms with E-state index in [1.807, 2.05) is 17.5 Å². The Morgan fingerprint density at radius 2 is 2.30 bits per heavy atom. The molecule has 1 aliphatic rings. The summed E-state index contributed by atoms with van der Waals surface area (Å²) in [5.74, 6) is 0.733. The Morgan fingerprint density at radius 1 is 1.43 bits per heavy atom. The van der Waals surface area contributed by atoms with E-state index in [0.717, 1.165) is 30.6 Å². The molecule has 1 fully saturated rings. The second-order valence-corrected chi connectivity index (χ2v) is 6.73. The van der Waals surface area contributed by atoms with Gasteiger partial charge in [-0.15, -0.1) is 11.3 Å². The molecular weight excluding hydrogens is 314 g/mol. The van der Waals surface area contributed by atoms with E-state index in [1.54, 1.807) is 17.6 Å². The van der Waals surface area contributed by atoms with Gasteiger partial charge in [0.25, 0.3) is 0 Å². The lowest BCUT2D eigenvalue weighted by Gasteiger charge is -2.30. The molecule has 2 atom stereocenters. The first-order valence-electron chi connectivity index (χ1n) is 7.90. The second-order valence-electron chi connectivity index (χ2n) is 5.78. The molecule has 3 N–H and O–H groups in total. The molecule has 0 aliphatic heterocycles. The van der Waals surface area contributed by atoms with E-state index >= 15 is 0 Å². The van der Waals surface area contributed by atoms with Gasteiger partial charge in [-0.3, -0.25) is 0 Å². The van der Waals surface area contributed by atoms with Gasteiger partial charge in [-0.2, -0.15) is 0 Å². The quantitative estimate of drug-likeness (QED) is 0.784. The second kappa shape index (κ2) is 7.61. The summed E-state index contributed by atoms with van der Waals surface area (Å²) in [5.41, 5.74) is 0.686. The standard InChI is InChI=1S/C16H21N3O3S/c20-9-11-4-1-2-5-13(11)19-16(21)17-8-12-10-22-15(18-12)14-6-3-7-23-14/h3,6-7,10-11,13,20H,1-2,4-5,8-9H2,(H2,17,19,21). The fourth-order valence-electron chi connectivity index (χ4n) is 2.91. The van der Waals surface area contributed by atoms with E-state index in [1.165, 1.54) is 0 Å². The summed E-state index contributed by atoms with van der Waals surface area (Å²) in [4.78, 5) is 17.4. The Labute approximate surface area is 138 Å². The molecule has 0 radical (unpaired) electrons. The molecule has 2 heterocycles. The predicted octanol–water partition coefficient (Wildman–Crippen LogP) is 2.75. The van der Waals surface area contributed by atoms with Crippen molar-refractivity contribution >= 4 is 17.4 Å². The summed E-state index contributed by atoms with van der Waals surface area (Å²) in [6, 6.07) is 3.71. The predicted molar refractivity (Wildman–Crippen MR) is 88.0 cm³/mol. The molecule has 7 heteroatoms. The summed E-state index contributed by atoms with van der Waals surface area (Å²) in [6.07, 6.45) is 5.66. The van der Waals surface area contributed by atoms with Crippen LogP contribution in [0.3, 0.4) is 0 Å². The number of carbonyl (C=O) groups is 1. The number of amides is 2. The van der Waals surface area contributed by atoms with Crippen molar-refractivity contribution in [3.8, 4) is 10.8 Å². The van der Waals surface area contributed by atoms with Gasteiger partial charge in [0, 0.05) is 18.6 Å². The molecule has 0 saturated heterocycles. The van der Waals surface area contributed by atoms with E-state index in [9.17, 15) is 9.90 Å². The molecule has 0 spiro atoms. The minimum absolute atomic E-state index is 0.0488. The molecule has 2 aromatic rings. The largest absolute Gasteiger partial charge is 0.443 e. The van der Waals surface area contributed by atoms with Gasteiger partial charge in [0.1, 0.15) is 6.26 Å². The average molecular weight is 335 g/mol. The lowest BCUT2D eigenvalue weighted by atomic mass is 9.85. The van der Waals surface area contributed by atoms with Crippen molar-refractivity contribution < 1.29 is 14.3 Å². The first kappa shape index (κ1) is 16.0. The maximum absolute atomic E-state index is 12.0. The molecule has 2 aromatic heterocycles. The topological polar surface area (TPSA) is 87.4 Å². The van der Waals surface area contributed by atoms with Crippen molar-refractivity contribution in [1.29, 1.82) is 0 Å². The van der Waals surface area contributed by atoms with Crippen molar-refractivity contribution in [2.75, 3.05) is 6.61 Å². The maximum atomic E-state index is 12.0. The number of urea groups is 1. The Hall–Kier alpha value is -1.86. The lowest BCUT2D eigenvalue weighted by molar-refractivity contribution is 0.153. The van der Waals surface area contributed by atoms with Crippen LogP contribution < -0.4 is 10.6 Å². The molecule has 2 unspecified atom stereocenters. The van der Waals surface area contributed by atoms with Crippen LogP contribution in [0, 0.1) is 5.92 Å². The lowest BCUT2D eigenvalue weighted by Crippen LogP contribution is -2.47. The van der Waals surface area contributed by atoms with Gasteiger partial charge in [-0.05, 0) is 24.3 Å². The Morgan fingerprint density at radius 3 is 3.09 bits per heavy atom. The van der Waals surface area contributed by atoms with E-state index in [2.05, 4.69) is 15.6 Å². The fourth-order valence-corrected chi connectivity index (χ4v) is 3.56. The van der Waals surface area contributed by atoms with Crippen LogP contribution in [0.15, 0.2) is 28.2 Å². The number of hydrogen-bond acceptors (Lipinski definition) is 5. The average Bonchev–Trinajstić information content (AvgIpc) is 3.24. The van der Waals surface area contributed by atoms with Gasteiger partial charge in [0.15, 0.2) is 0 Å². The zero-order valence-electron chi connectivity index (χ0n) is 12.8. The number of rotatable bonds is 5. The number of hydrogen-bond donors (Lipinski definition) is 3. The molecule has 1 saturated carbocycles. The highest BCUT2D eigenvalue weighted by atomic mass is 32.1. The summed E-state index contributed by atoms with van der Waals surface area (Å²) in [6.45, 7) is 0.440. The minimum atomic E-state index is -0.226. The fraction of sp³-hybridized carbons (Fsp3) is 0.500. The number of nitrogens with one attached hydrogen (secondary N) is 2. The molecule has 23 heavy (non-hydrogen) atoms. The van der Waals surface area contributed by atoms with Crippen LogP contribution in [0.2, 0.25) is 0 Å². The van der Waals surface area contributed by atoms with Crippen LogP contribution in [0.4, 0.5) is 4.79 Å². The number of aliphatic hydroxyl groups excluding tert-OH is 1. The van der Waals surface area contributed by atoms with Crippen LogP contribution in [-0.4, -0.2) is 28.8 Å². The molecule has 0 aromatic carbocycles. The third-order valence-electron chi connectivity index (χ3n) is 4.17. The van der Waals surface area contributed by atoms with Crippen molar-refractivity contribution in [1.82, 2.24) is 15.6 Å². The number of oxazole rings is 1. The van der Waals surface area contributed by atoms with Crippen LogP contribution >= 0.6 is 11.3 Å². The third kappa shape index (κ3) is 4.11. The molecule has 124 valence electrons. The summed E-state index contributed by atoms with van der Waals surface area (Å²) < 4.78 is 5.42. The molecule has 2 amide bonds. The monoisotopic (exact) mass is 335 g/mol. The van der Waals surface area contributed by atoms with Gasteiger partial charge < -0.3 is 20.2 Å². The molecule has 3 rings (SSSR count). The van der Waals surface area contributed by atoms with E-state index in [0.29, 0.717) is 18.1 Å². The molecule has 6 nitrogen and oxygen atoms in total. The number of thiophene rings is 1. The van der Waals surface area contributed by atoms with Crippen molar-refractivity contribution in [3.05, 3.63) is 29.5 Å². The van der Waals surface area contributed by atoms with Crippen LogP contribution in [-0.2, 0) is 6.54 Å². The van der Waals surface area contributed by atoms with Gasteiger partial charge in [0.05, 0.1) is 17.1 Å². The number of aliphatic hydroxyl groups is 1. The molecular formula is C16H21N3O3S. The van der Waals surface area contributed by atoms with Gasteiger partial charge >= 0.3 is 6.03 Å². The zero-order chi connectivity index (χ0) is 16.1. The smallest absolute Gasteiger partial charge is 0.315 e. The van der Waals surface area contributed by atoms with Gasteiger partial charge in [-0.25, -0.2) is 9.78 Å². The van der Waals surface area contributed by atoms with E-state index in [4.69, 9.17) is 4.42 Å². The molecule has 0 bridgehead atoms. The maximum Gasteiger partial charge on any atom is 0.315 e. The van der Waals surface area contributed by atoms with Gasteiger partial charge in [-0.1, -0.05) is 18.9 Å². The Bertz CT molecular complexity index is 626. The Balaban J connectivity index is 1.49. The van der Waals surface area contributed by atoms with Crippen LogP contribution in [0.5, 0.6) is 0 Å². The van der Waals surface area contributed by atoms with Crippen LogP contribution in [0.1, 0.15) is 31.4 Å². The van der Waals surface area contributed by atoms with Crippen molar-refractivity contribution in [3.63, 3.8) is 0 Å².